The molecule has 0 spiro atoms. The first kappa shape index (κ1) is 43.8. The number of pyridine rings is 1. The third kappa shape index (κ3) is 24.6. The zero-order valence-electron chi connectivity index (χ0n) is 27.4. The van der Waals surface area contributed by atoms with Gasteiger partial charge in [0.15, 0.2) is 0 Å². The van der Waals surface area contributed by atoms with Crippen molar-refractivity contribution in [3.63, 3.8) is 0 Å². The second-order valence-corrected chi connectivity index (χ2v) is 8.77. The standard InChI is InChI=1S/C16H31N3OS.C9H12N2O.3C2H6.H2/c1-6-15(13(2)12-17-4)7-9-19(5)16(20)11-14(3)18-8-10-21;1-8-3-4-10-5-9(8)6-11(2)7-12;3*1-2;/h8,10,13,15,17,21H,6-7,9,11-12H2,1-5H3;3-5,7H,6H2,1-2H3;3*1-2H3;1H/b10-8-,18-14?;;;;;. The Hall–Kier alpha value is -2.19. The number of amides is 2. The van der Waals surface area contributed by atoms with E-state index in [1.807, 2.05) is 80.5 Å². The van der Waals surface area contributed by atoms with Crippen molar-refractivity contribution >= 4 is 30.7 Å². The summed E-state index contributed by atoms with van der Waals surface area (Å²) in [7, 11) is 5.61. The van der Waals surface area contributed by atoms with Gasteiger partial charge in [-0.15, -0.1) is 12.6 Å². The molecule has 1 heterocycles. The molecule has 1 N–H and O–H groups in total. The van der Waals surface area contributed by atoms with Gasteiger partial charge in [-0.25, -0.2) is 0 Å². The van der Waals surface area contributed by atoms with Gasteiger partial charge >= 0.3 is 0 Å². The van der Waals surface area contributed by atoms with E-state index in [1.54, 1.807) is 35.9 Å². The van der Waals surface area contributed by atoms with Gasteiger partial charge in [-0.3, -0.25) is 19.6 Å². The quantitative estimate of drug-likeness (QED) is 0.149. The summed E-state index contributed by atoms with van der Waals surface area (Å²) >= 11 is 3.94. The van der Waals surface area contributed by atoms with E-state index in [2.05, 4.69) is 41.8 Å². The average molecular weight is 570 g/mol. The van der Waals surface area contributed by atoms with Crippen LogP contribution in [-0.4, -0.2) is 67.0 Å². The normalized spacial score (nSPS) is 11.6. The monoisotopic (exact) mass is 569 g/mol. The molecule has 39 heavy (non-hydrogen) atoms. The summed E-state index contributed by atoms with van der Waals surface area (Å²) in [6, 6.07) is 1.94. The Morgan fingerprint density at radius 1 is 1.21 bits per heavy atom. The van der Waals surface area contributed by atoms with Crippen molar-refractivity contribution in [1.29, 1.82) is 0 Å². The SMILES string of the molecule is CC.CC.CC.CCC(CCN(C)C(=O)CC(C)=N/C=C\S)C(C)CNC.Cc1ccncc1CN(C)C=O.[HH]. The van der Waals surface area contributed by atoms with Gasteiger partial charge < -0.3 is 15.1 Å². The lowest BCUT2D eigenvalue weighted by Crippen LogP contribution is -2.32. The summed E-state index contributed by atoms with van der Waals surface area (Å²) in [4.78, 5) is 34.0. The fourth-order valence-corrected chi connectivity index (χ4v) is 3.46. The first-order valence-electron chi connectivity index (χ1n) is 14.5. The third-order valence-electron chi connectivity index (χ3n) is 5.63. The Morgan fingerprint density at radius 3 is 2.26 bits per heavy atom. The number of aromatic nitrogens is 1. The molecule has 0 aliphatic carbocycles. The number of carbonyl (C=O) groups is 2. The second kappa shape index (κ2) is 32.0. The summed E-state index contributed by atoms with van der Waals surface area (Å²) in [5, 5.41) is 4.79. The van der Waals surface area contributed by atoms with E-state index in [1.165, 1.54) is 5.56 Å². The van der Waals surface area contributed by atoms with Gasteiger partial charge in [0, 0.05) is 52.9 Å². The van der Waals surface area contributed by atoms with Crippen LogP contribution in [0.1, 0.15) is 94.1 Å². The van der Waals surface area contributed by atoms with Gasteiger partial charge in [-0.05, 0) is 68.3 Å². The number of rotatable bonds is 13. The first-order chi connectivity index (χ1) is 18.7. The van der Waals surface area contributed by atoms with E-state index >= 15 is 0 Å². The fourth-order valence-electron chi connectivity index (χ4n) is 3.39. The minimum atomic E-state index is 0. The fraction of sp³-hybridized carbons (Fsp3) is 0.677. The number of aryl methyl sites for hydroxylation is 1. The molecule has 7 nitrogen and oxygen atoms in total. The molecule has 2 amide bonds. The molecule has 0 saturated carbocycles. The first-order valence-corrected chi connectivity index (χ1v) is 15.0. The Kier molecular flexibility index (Phi) is 36.0. The molecule has 8 heteroatoms. The van der Waals surface area contributed by atoms with Crippen LogP contribution in [0.5, 0.6) is 0 Å². The molecule has 0 aliphatic rings. The minimum absolute atomic E-state index is 0. The Balaban J connectivity index is -0.000000182. The van der Waals surface area contributed by atoms with E-state index in [0.717, 1.165) is 43.6 Å². The molecule has 0 saturated heterocycles. The van der Waals surface area contributed by atoms with Crippen LogP contribution in [0.15, 0.2) is 35.1 Å². The summed E-state index contributed by atoms with van der Waals surface area (Å²) in [5.74, 6) is 1.40. The molecular formula is C31H63N5O2S. The molecule has 0 fully saturated rings. The van der Waals surface area contributed by atoms with Gasteiger partial charge in [0.05, 0.1) is 6.42 Å². The Morgan fingerprint density at radius 2 is 1.79 bits per heavy atom. The predicted molar refractivity (Wildman–Crippen MR) is 178 cm³/mol. The number of thiol groups is 1. The molecule has 1 aromatic heterocycles. The highest BCUT2D eigenvalue weighted by molar-refractivity contribution is 7.83. The Bertz CT molecular complexity index is 763. The van der Waals surface area contributed by atoms with Crippen LogP contribution in [0.3, 0.4) is 0 Å². The summed E-state index contributed by atoms with van der Waals surface area (Å²) in [5.41, 5.74) is 3.07. The topological polar surface area (TPSA) is 77.9 Å². The van der Waals surface area contributed by atoms with E-state index < -0.39 is 0 Å². The summed E-state index contributed by atoms with van der Waals surface area (Å²) in [6.07, 6.45) is 8.52. The molecule has 0 aliphatic heterocycles. The van der Waals surface area contributed by atoms with Crippen molar-refractivity contribution < 1.29 is 11.0 Å². The highest BCUT2D eigenvalue weighted by atomic mass is 32.1. The van der Waals surface area contributed by atoms with Crippen LogP contribution < -0.4 is 5.32 Å². The van der Waals surface area contributed by atoms with Crippen LogP contribution >= 0.6 is 12.6 Å². The van der Waals surface area contributed by atoms with E-state index in [-0.39, 0.29) is 7.33 Å². The number of aliphatic imine (C=N–C) groups is 1. The number of carbonyl (C=O) groups excluding carboxylic acids is 2. The van der Waals surface area contributed by atoms with Gasteiger partial charge in [0.25, 0.3) is 0 Å². The van der Waals surface area contributed by atoms with Crippen LogP contribution in [0.2, 0.25) is 0 Å². The van der Waals surface area contributed by atoms with Gasteiger partial charge in [0.2, 0.25) is 12.3 Å². The van der Waals surface area contributed by atoms with Crippen LogP contribution in [-0.2, 0) is 16.1 Å². The molecule has 2 unspecified atom stereocenters. The number of nitrogens with one attached hydrogen (secondary N) is 1. The lowest BCUT2D eigenvalue weighted by atomic mass is 9.88. The second-order valence-electron chi connectivity index (χ2n) is 8.47. The van der Waals surface area contributed by atoms with Gasteiger partial charge in [-0.1, -0.05) is 61.8 Å². The molecular weight excluding hydrogens is 506 g/mol. The molecule has 1 aromatic rings. The van der Waals surface area contributed by atoms with Crippen LogP contribution in [0, 0.1) is 18.8 Å². The third-order valence-corrected chi connectivity index (χ3v) is 5.77. The van der Waals surface area contributed by atoms with Crippen molar-refractivity contribution in [2.45, 2.75) is 95.0 Å². The molecule has 0 radical (unpaired) electrons. The molecule has 0 bridgehead atoms. The van der Waals surface area contributed by atoms with Crippen molar-refractivity contribution in [2.75, 3.05) is 34.2 Å². The van der Waals surface area contributed by atoms with E-state index in [0.29, 0.717) is 24.8 Å². The van der Waals surface area contributed by atoms with Gasteiger partial charge in [-0.2, -0.15) is 0 Å². The molecule has 0 aromatic carbocycles. The maximum Gasteiger partial charge on any atom is 0.227 e. The zero-order chi connectivity index (χ0) is 31.2. The molecule has 2 atom stereocenters. The van der Waals surface area contributed by atoms with Crippen molar-refractivity contribution in [1.82, 2.24) is 20.1 Å². The number of hydrogen-bond donors (Lipinski definition) is 2. The minimum Gasteiger partial charge on any atom is -0.345 e. The number of hydrogen-bond acceptors (Lipinski definition) is 6. The van der Waals surface area contributed by atoms with Gasteiger partial charge in [0.1, 0.15) is 0 Å². The van der Waals surface area contributed by atoms with Crippen molar-refractivity contribution in [2.24, 2.45) is 16.8 Å². The predicted octanol–water partition coefficient (Wildman–Crippen LogP) is 7.27. The summed E-state index contributed by atoms with van der Waals surface area (Å²) < 4.78 is 0. The average Bonchev–Trinajstić information content (AvgIpc) is 2.97. The highest BCUT2D eigenvalue weighted by Crippen LogP contribution is 2.19. The Labute approximate surface area is 248 Å². The largest absolute Gasteiger partial charge is 0.345 e. The molecule has 230 valence electrons. The lowest BCUT2D eigenvalue weighted by molar-refractivity contribution is -0.128. The smallest absolute Gasteiger partial charge is 0.227 e. The van der Waals surface area contributed by atoms with Crippen molar-refractivity contribution in [3.8, 4) is 0 Å². The van der Waals surface area contributed by atoms with Crippen LogP contribution in [0.25, 0.3) is 0 Å². The maximum atomic E-state index is 12.1. The summed E-state index contributed by atoms with van der Waals surface area (Å²) in [6.45, 7) is 22.8. The number of nitrogens with zero attached hydrogens (tertiary/aromatic N) is 4. The van der Waals surface area contributed by atoms with Crippen molar-refractivity contribution in [3.05, 3.63) is 41.2 Å². The maximum absolute atomic E-state index is 12.1. The highest BCUT2D eigenvalue weighted by Gasteiger charge is 2.17. The molecule has 1 rings (SSSR count). The van der Waals surface area contributed by atoms with E-state index in [4.69, 9.17) is 0 Å². The zero-order valence-corrected chi connectivity index (χ0v) is 28.3. The van der Waals surface area contributed by atoms with E-state index in [9.17, 15) is 9.59 Å². The van der Waals surface area contributed by atoms with Crippen LogP contribution in [0.4, 0.5) is 0 Å². The lowest BCUT2D eigenvalue weighted by Gasteiger charge is -2.25.